The van der Waals surface area contributed by atoms with Gasteiger partial charge in [0.15, 0.2) is 0 Å². The number of aliphatic carboxylic acids is 1. The highest BCUT2D eigenvalue weighted by molar-refractivity contribution is 7.89. The van der Waals surface area contributed by atoms with E-state index in [1.165, 1.54) is 11.6 Å². The molecule has 1 heterocycles. The number of carboxylic acid groups (broad SMARTS) is 1. The predicted molar refractivity (Wildman–Crippen MR) is 94.1 cm³/mol. The van der Waals surface area contributed by atoms with Crippen molar-refractivity contribution in [2.45, 2.75) is 69.4 Å². The van der Waals surface area contributed by atoms with E-state index in [2.05, 4.69) is 15.1 Å². The molecule has 10 heteroatoms. The van der Waals surface area contributed by atoms with E-state index in [9.17, 15) is 23.1 Å². The van der Waals surface area contributed by atoms with Gasteiger partial charge in [0.25, 0.3) is 0 Å². The Labute approximate surface area is 153 Å². The number of carbonyl (C=O) groups excluding carboxylic acids is 1. The molecule has 1 saturated carbocycles. The molecule has 2 rings (SSSR count). The lowest BCUT2D eigenvalue weighted by Crippen LogP contribution is -2.59. The molecule has 1 aliphatic carbocycles. The van der Waals surface area contributed by atoms with Crippen molar-refractivity contribution in [2.75, 3.05) is 0 Å². The van der Waals surface area contributed by atoms with Crippen LogP contribution in [-0.2, 0) is 26.7 Å². The number of carboxylic acids is 1. The van der Waals surface area contributed by atoms with Crippen LogP contribution in [-0.4, -0.2) is 46.8 Å². The quantitative estimate of drug-likeness (QED) is 0.656. The molecule has 26 heavy (non-hydrogen) atoms. The van der Waals surface area contributed by atoms with Gasteiger partial charge in [0.05, 0.1) is 17.4 Å². The van der Waals surface area contributed by atoms with Gasteiger partial charge >= 0.3 is 5.97 Å². The summed E-state index contributed by atoms with van der Waals surface area (Å²) in [5.41, 5.74) is -0.536. The van der Waals surface area contributed by atoms with Crippen LogP contribution in [0.4, 0.5) is 0 Å². The maximum absolute atomic E-state index is 12.6. The number of sulfonamides is 1. The SMILES string of the molecule is Cc1nn(C)c(C)c1S(=O)(=O)NC(C)C(=O)NC1(C(=O)O)CCCCC1. The Morgan fingerprint density at radius 1 is 1.23 bits per heavy atom. The summed E-state index contributed by atoms with van der Waals surface area (Å²) in [5.74, 6) is -1.74. The zero-order chi connectivity index (χ0) is 19.7. The van der Waals surface area contributed by atoms with Gasteiger partial charge in [-0.15, -0.1) is 0 Å². The lowest BCUT2D eigenvalue weighted by Gasteiger charge is -2.34. The summed E-state index contributed by atoms with van der Waals surface area (Å²) >= 11 is 0. The molecular weight excluding hydrogens is 360 g/mol. The summed E-state index contributed by atoms with van der Waals surface area (Å²) in [7, 11) is -2.33. The first-order chi connectivity index (χ1) is 12.0. The van der Waals surface area contributed by atoms with E-state index in [4.69, 9.17) is 0 Å². The molecule has 1 fully saturated rings. The second kappa shape index (κ2) is 7.36. The van der Waals surface area contributed by atoms with Crippen LogP contribution in [0.25, 0.3) is 0 Å². The monoisotopic (exact) mass is 386 g/mol. The van der Waals surface area contributed by atoms with E-state index in [1.807, 2.05) is 0 Å². The molecule has 0 bridgehead atoms. The Hall–Kier alpha value is -1.94. The lowest BCUT2D eigenvalue weighted by atomic mass is 9.81. The molecule has 0 radical (unpaired) electrons. The number of carbonyl (C=O) groups is 2. The Morgan fingerprint density at radius 2 is 1.81 bits per heavy atom. The smallest absolute Gasteiger partial charge is 0.329 e. The predicted octanol–water partition coefficient (Wildman–Crippen LogP) is 0.607. The topological polar surface area (TPSA) is 130 Å². The fraction of sp³-hybridized carbons (Fsp3) is 0.688. The zero-order valence-electron chi connectivity index (χ0n) is 15.5. The molecule has 9 nitrogen and oxygen atoms in total. The van der Waals surface area contributed by atoms with Gasteiger partial charge in [0.1, 0.15) is 10.4 Å². The summed E-state index contributed by atoms with van der Waals surface area (Å²) < 4.78 is 29.1. The van der Waals surface area contributed by atoms with E-state index in [1.54, 1.807) is 20.9 Å². The minimum atomic E-state index is -3.97. The number of aryl methyl sites for hydroxylation is 2. The number of rotatable bonds is 6. The van der Waals surface area contributed by atoms with Gasteiger partial charge in [-0.25, -0.2) is 13.2 Å². The molecule has 1 atom stereocenters. The molecule has 3 N–H and O–H groups in total. The Balaban J connectivity index is 2.16. The Morgan fingerprint density at radius 3 is 2.27 bits per heavy atom. The maximum Gasteiger partial charge on any atom is 0.329 e. The highest BCUT2D eigenvalue weighted by Crippen LogP contribution is 2.28. The van der Waals surface area contributed by atoms with E-state index in [0.29, 0.717) is 37.1 Å². The first-order valence-corrected chi connectivity index (χ1v) is 10.1. The second-order valence-corrected chi connectivity index (χ2v) is 8.55. The molecule has 0 spiro atoms. The van der Waals surface area contributed by atoms with Crippen molar-refractivity contribution < 1.29 is 23.1 Å². The number of nitrogens with zero attached hydrogens (tertiary/aromatic N) is 2. The lowest BCUT2D eigenvalue weighted by molar-refractivity contribution is -0.149. The minimum absolute atomic E-state index is 0.0327. The first kappa shape index (κ1) is 20.4. The molecular formula is C16H26N4O5S. The van der Waals surface area contributed by atoms with Gasteiger partial charge in [-0.1, -0.05) is 19.3 Å². The fourth-order valence-corrected chi connectivity index (χ4v) is 5.02. The van der Waals surface area contributed by atoms with Gasteiger partial charge < -0.3 is 10.4 Å². The zero-order valence-corrected chi connectivity index (χ0v) is 16.3. The van der Waals surface area contributed by atoms with Crippen LogP contribution in [0.15, 0.2) is 4.90 Å². The summed E-state index contributed by atoms with van der Waals surface area (Å²) in [5, 5.41) is 16.2. The van der Waals surface area contributed by atoms with Gasteiger partial charge in [-0.3, -0.25) is 9.48 Å². The number of nitrogens with one attached hydrogen (secondary N) is 2. The van der Waals surface area contributed by atoms with Crippen LogP contribution in [0.3, 0.4) is 0 Å². The summed E-state index contributed by atoms with van der Waals surface area (Å²) in [6.45, 7) is 4.60. The van der Waals surface area contributed by atoms with E-state index in [-0.39, 0.29) is 4.90 Å². The van der Waals surface area contributed by atoms with Crippen molar-refractivity contribution in [1.82, 2.24) is 19.8 Å². The van der Waals surface area contributed by atoms with Crippen LogP contribution in [0.5, 0.6) is 0 Å². The van der Waals surface area contributed by atoms with Crippen molar-refractivity contribution in [3.05, 3.63) is 11.4 Å². The average molecular weight is 386 g/mol. The number of amides is 1. The molecule has 0 aromatic carbocycles. The van der Waals surface area contributed by atoms with E-state index < -0.39 is 33.5 Å². The minimum Gasteiger partial charge on any atom is -0.480 e. The van der Waals surface area contributed by atoms with Crippen molar-refractivity contribution in [3.8, 4) is 0 Å². The van der Waals surface area contributed by atoms with Crippen molar-refractivity contribution in [3.63, 3.8) is 0 Å². The summed E-state index contributed by atoms with van der Waals surface area (Å²) in [6, 6.07) is -1.11. The molecule has 1 aromatic rings. The number of hydrogen-bond donors (Lipinski definition) is 3. The number of hydrogen-bond acceptors (Lipinski definition) is 5. The Kier molecular flexibility index (Phi) is 5.76. The van der Waals surface area contributed by atoms with E-state index in [0.717, 1.165) is 6.42 Å². The highest BCUT2D eigenvalue weighted by Gasteiger charge is 2.42. The van der Waals surface area contributed by atoms with Gasteiger partial charge in [0.2, 0.25) is 15.9 Å². The number of aromatic nitrogens is 2. The Bertz CT molecular complexity index is 809. The molecule has 1 aromatic heterocycles. The molecule has 0 saturated heterocycles. The standard InChI is InChI=1S/C16H26N4O5S/c1-10-13(12(3)20(4)18-10)26(24,25)19-11(2)14(21)17-16(15(22)23)8-6-5-7-9-16/h11,19H,5-9H2,1-4H3,(H,17,21)(H,22,23). The third-order valence-electron chi connectivity index (χ3n) is 4.92. The van der Waals surface area contributed by atoms with Crippen LogP contribution in [0.1, 0.15) is 50.4 Å². The summed E-state index contributed by atoms with van der Waals surface area (Å²) in [6.07, 6.45) is 3.02. The maximum atomic E-state index is 12.6. The summed E-state index contributed by atoms with van der Waals surface area (Å²) in [4.78, 5) is 24.2. The van der Waals surface area contributed by atoms with Crippen molar-refractivity contribution in [1.29, 1.82) is 0 Å². The normalized spacial score (nSPS) is 18.3. The van der Waals surface area contributed by atoms with Crippen LogP contribution in [0.2, 0.25) is 0 Å². The molecule has 1 aliphatic rings. The van der Waals surface area contributed by atoms with Crippen LogP contribution in [0, 0.1) is 13.8 Å². The van der Waals surface area contributed by atoms with Crippen molar-refractivity contribution in [2.24, 2.45) is 7.05 Å². The van der Waals surface area contributed by atoms with Gasteiger partial charge in [-0.2, -0.15) is 9.82 Å². The van der Waals surface area contributed by atoms with Crippen molar-refractivity contribution >= 4 is 21.9 Å². The third kappa shape index (κ3) is 3.90. The van der Waals surface area contributed by atoms with Crippen LogP contribution >= 0.6 is 0 Å². The average Bonchev–Trinajstić information content (AvgIpc) is 2.80. The first-order valence-electron chi connectivity index (χ1n) is 8.58. The van der Waals surface area contributed by atoms with Gasteiger partial charge in [0, 0.05) is 7.05 Å². The molecule has 1 unspecified atom stereocenters. The molecule has 0 aliphatic heterocycles. The second-order valence-electron chi connectivity index (χ2n) is 6.90. The van der Waals surface area contributed by atoms with E-state index >= 15 is 0 Å². The van der Waals surface area contributed by atoms with Gasteiger partial charge in [-0.05, 0) is 33.6 Å². The highest BCUT2D eigenvalue weighted by atomic mass is 32.2. The fourth-order valence-electron chi connectivity index (χ4n) is 3.38. The van der Waals surface area contributed by atoms with Crippen LogP contribution < -0.4 is 10.0 Å². The third-order valence-corrected chi connectivity index (χ3v) is 6.71. The molecule has 1 amide bonds. The largest absolute Gasteiger partial charge is 0.480 e. The molecule has 146 valence electrons.